The fourth-order valence-corrected chi connectivity index (χ4v) is 5.18. The zero-order valence-electron chi connectivity index (χ0n) is 28.2. The zero-order valence-corrected chi connectivity index (χ0v) is 29.1. The van der Waals surface area contributed by atoms with Crippen molar-refractivity contribution in [3.8, 4) is 0 Å². The summed E-state index contributed by atoms with van der Waals surface area (Å²) in [7, 11) is -2.13. The third-order valence-corrected chi connectivity index (χ3v) is 9.24. The maximum atomic E-state index is 13.9. The molecule has 0 radical (unpaired) electrons. The van der Waals surface area contributed by atoms with Crippen LogP contribution >= 0.6 is 0 Å². The second kappa shape index (κ2) is 16.3. The molecule has 1 aliphatic heterocycles. The van der Waals surface area contributed by atoms with Gasteiger partial charge in [0.25, 0.3) is 0 Å². The number of hydrogen-bond donors (Lipinski definition) is 5. The fraction of sp³-hybridized carbons (Fsp3) is 0.862. The number of aliphatic hydroxyl groups is 1. The van der Waals surface area contributed by atoms with E-state index < -0.39 is 94.3 Å². The Morgan fingerprint density at radius 2 is 1.56 bits per heavy atom. The zero-order chi connectivity index (χ0) is 35.1. The molecule has 1 heterocycles. The maximum Gasteiger partial charge on any atom is 0.315 e. The van der Waals surface area contributed by atoms with Crippen molar-refractivity contribution >= 4 is 33.8 Å². The quantitative estimate of drug-likeness (QED) is 0.185. The monoisotopic (exact) mass is 668 g/mol. The van der Waals surface area contributed by atoms with Gasteiger partial charge in [-0.15, -0.1) is 0 Å². The average Bonchev–Trinajstić information content (AvgIpc) is 3.37. The summed E-state index contributed by atoms with van der Waals surface area (Å²) in [6.07, 6.45) is -2.15. The van der Waals surface area contributed by atoms with Gasteiger partial charge in [0, 0.05) is 32.6 Å². The van der Waals surface area contributed by atoms with E-state index >= 15 is 0 Å². The number of alkyl halides is 2. The molecule has 0 aromatic carbocycles. The van der Waals surface area contributed by atoms with Crippen molar-refractivity contribution < 1.29 is 41.5 Å². The van der Waals surface area contributed by atoms with Gasteiger partial charge in [0.2, 0.25) is 34.2 Å². The molecule has 262 valence electrons. The van der Waals surface area contributed by atoms with E-state index in [0.29, 0.717) is 6.42 Å². The van der Waals surface area contributed by atoms with E-state index in [1.165, 1.54) is 11.9 Å². The minimum atomic E-state index is -3.53. The van der Waals surface area contributed by atoms with Gasteiger partial charge in [-0.2, -0.15) is 0 Å². The molecule has 13 nitrogen and oxygen atoms in total. The molecule has 0 aliphatic carbocycles. The Hall–Kier alpha value is -2.59. The lowest BCUT2D eigenvalue weighted by Gasteiger charge is -2.37. The summed E-state index contributed by atoms with van der Waals surface area (Å²) >= 11 is 0. The number of carbonyl (C=O) groups is 4. The minimum Gasteiger partial charge on any atom is -0.394 e. The number of likely N-dealkylation sites (N-methyl/N-ethyl adjacent to an activating group) is 1. The maximum absolute atomic E-state index is 13.9. The number of likely N-dealkylation sites (tertiary alicyclic amines) is 1. The van der Waals surface area contributed by atoms with Crippen LogP contribution < -0.4 is 21.3 Å². The van der Waals surface area contributed by atoms with Crippen LogP contribution in [0.15, 0.2) is 0 Å². The highest BCUT2D eigenvalue weighted by Crippen LogP contribution is 2.27. The highest BCUT2D eigenvalue weighted by atomic mass is 32.2. The normalized spacial score (nSPS) is 18.8. The standard InChI is InChI=1S/C29H54F2N6O7S/c1-17(2)19(16-38)33-24(39)18(14-22(30)31)32-25(40)20-12-11-13-37(20)26(41)23(29(6,7)8)35-27(42)34-21(28(3,4)5)15-36(9)45(10,43)44/h17-23,38H,11-16H2,1-10H3,(H,32,40)(H,33,39)(H2,34,35,42)/t18-,19+,20-,21+,23+/m0/s1. The lowest BCUT2D eigenvalue weighted by atomic mass is 9.85. The largest absolute Gasteiger partial charge is 0.394 e. The molecule has 5 amide bonds. The van der Waals surface area contributed by atoms with Gasteiger partial charge in [0.05, 0.1) is 18.9 Å². The van der Waals surface area contributed by atoms with Crippen molar-refractivity contribution in [1.29, 1.82) is 0 Å². The molecule has 5 atom stereocenters. The van der Waals surface area contributed by atoms with E-state index in [-0.39, 0.29) is 25.4 Å². The van der Waals surface area contributed by atoms with Gasteiger partial charge in [-0.25, -0.2) is 26.3 Å². The SMILES string of the molecule is CC(C)[C@@H](CO)NC(=O)[C@H](CC(F)F)NC(=O)[C@@H]1CCCN1C(=O)[C@@H](NC(=O)N[C@H](CN(C)S(C)(=O)=O)C(C)(C)C)C(C)(C)C. The van der Waals surface area contributed by atoms with Crippen molar-refractivity contribution in [3.05, 3.63) is 0 Å². The molecule has 1 aliphatic rings. The Kier molecular flexibility index (Phi) is 14.6. The summed E-state index contributed by atoms with van der Waals surface area (Å²) in [4.78, 5) is 54.6. The summed E-state index contributed by atoms with van der Waals surface area (Å²) in [6.45, 7) is 13.9. The molecule has 0 aromatic rings. The Labute approximate surface area is 266 Å². The highest BCUT2D eigenvalue weighted by molar-refractivity contribution is 7.88. The van der Waals surface area contributed by atoms with Crippen LogP contribution in [0.3, 0.4) is 0 Å². The number of amides is 5. The van der Waals surface area contributed by atoms with Crippen LogP contribution in [-0.4, -0.2) is 116 Å². The number of aliphatic hydroxyl groups excluding tert-OH is 1. The number of rotatable bonds is 14. The molecule has 0 bridgehead atoms. The Morgan fingerprint density at radius 1 is 0.978 bits per heavy atom. The van der Waals surface area contributed by atoms with Crippen molar-refractivity contribution in [2.45, 2.75) is 111 Å². The Balaban J connectivity index is 3.17. The van der Waals surface area contributed by atoms with Crippen LogP contribution in [0, 0.1) is 16.7 Å². The van der Waals surface area contributed by atoms with Gasteiger partial charge in [0.1, 0.15) is 18.1 Å². The lowest BCUT2D eigenvalue weighted by molar-refractivity contribution is -0.142. The molecule has 1 fully saturated rings. The third-order valence-electron chi connectivity index (χ3n) is 7.96. The predicted octanol–water partition coefficient (Wildman–Crippen LogP) is 1.27. The van der Waals surface area contributed by atoms with E-state index in [9.17, 15) is 41.5 Å². The number of hydrogen-bond acceptors (Lipinski definition) is 7. The lowest BCUT2D eigenvalue weighted by Crippen LogP contribution is -2.62. The summed E-state index contributed by atoms with van der Waals surface area (Å²) in [6, 6.07) is -5.81. The number of nitrogens with zero attached hydrogens (tertiary/aromatic N) is 2. The second-order valence-electron chi connectivity index (χ2n) is 14.3. The number of carbonyl (C=O) groups excluding carboxylic acids is 4. The molecule has 1 rings (SSSR count). The van der Waals surface area contributed by atoms with Gasteiger partial charge in [0.15, 0.2) is 0 Å². The van der Waals surface area contributed by atoms with E-state index in [4.69, 9.17) is 0 Å². The van der Waals surface area contributed by atoms with E-state index in [1.54, 1.807) is 34.6 Å². The molecule has 5 N–H and O–H groups in total. The molecule has 0 saturated carbocycles. The summed E-state index contributed by atoms with van der Waals surface area (Å²) in [5.41, 5.74) is -1.38. The smallest absolute Gasteiger partial charge is 0.315 e. The predicted molar refractivity (Wildman–Crippen MR) is 167 cm³/mol. The number of halogens is 2. The van der Waals surface area contributed by atoms with Crippen LogP contribution in [0.2, 0.25) is 0 Å². The second-order valence-corrected chi connectivity index (χ2v) is 16.4. The minimum absolute atomic E-state index is 0.0121. The van der Waals surface area contributed by atoms with Crippen molar-refractivity contribution in [2.75, 3.05) is 33.0 Å². The topological polar surface area (TPSA) is 177 Å². The van der Waals surface area contributed by atoms with Crippen molar-refractivity contribution in [2.24, 2.45) is 16.7 Å². The fourth-order valence-electron chi connectivity index (χ4n) is 4.76. The summed E-state index contributed by atoms with van der Waals surface area (Å²) < 4.78 is 51.9. The average molecular weight is 669 g/mol. The van der Waals surface area contributed by atoms with Crippen LogP contribution in [-0.2, 0) is 24.4 Å². The molecule has 0 aromatic heterocycles. The number of sulfonamides is 1. The first-order valence-electron chi connectivity index (χ1n) is 15.2. The van der Waals surface area contributed by atoms with E-state index in [2.05, 4.69) is 21.3 Å². The third kappa shape index (κ3) is 12.6. The van der Waals surface area contributed by atoms with Crippen LogP contribution in [0.25, 0.3) is 0 Å². The molecule has 1 saturated heterocycles. The molecule has 45 heavy (non-hydrogen) atoms. The van der Waals surface area contributed by atoms with Gasteiger partial charge < -0.3 is 31.3 Å². The first kappa shape index (κ1) is 40.4. The van der Waals surface area contributed by atoms with Gasteiger partial charge in [-0.3, -0.25) is 14.4 Å². The van der Waals surface area contributed by atoms with Crippen LogP contribution in [0.1, 0.15) is 74.7 Å². The number of urea groups is 1. The van der Waals surface area contributed by atoms with Crippen molar-refractivity contribution in [3.63, 3.8) is 0 Å². The molecule has 0 spiro atoms. The summed E-state index contributed by atoms with van der Waals surface area (Å²) in [5, 5.41) is 19.9. The number of nitrogens with one attached hydrogen (secondary N) is 4. The first-order valence-corrected chi connectivity index (χ1v) is 17.0. The molecular weight excluding hydrogens is 614 g/mol. The van der Waals surface area contributed by atoms with Gasteiger partial charge in [-0.05, 0) is 29.6 Å². The van der Waals surface area contributed by atoms with E-state index in [0.717, 1.165) is 10.6 Å². The molecular formula is C29H54F2N6O7S. The molecule has 16 heteroatoms. The Bertz CT molecular complexity index is 1140. The van der Waals surface area contributed by atoms with Gasteiger partial charge in [-0.1, -0.05) is 55.4 Å². The van der Waals surface area contributed by atoms with Crippen molar-refractivity contribution in [1.82, 2.24) is 30.5 Å². The highest BCUT2D eigenvalue weighted by Gasteiger charge is 2.43. The summed E-state index contributed by atoms with van der Waals surface area (Å²) in [5.74, 6) is -2.40. The first-order chi connectivity index (χ1) is 20.4. The van der Waals surface area contributed by atoms with Crippen LogP contribution in [0.4, 0.5) is 13.6 Å². The van der Waals surface area contributed by atoms with E-state index in [1.807, 2.05) is 20.8 Å². The molecule has 0 unspecified atom stereocenters. The van der Waals surface area contributed by atoms with Gasteiger partial charge >= 0.3 is 6.03 Å². The van der Waals surface area contributed by atoms with Crippen LogP contribution in [0.5, 0.6) is 0 Å². The Morgan fingerprint density at radius 3 is 2.00 bits per heavy atom.